The van der Waals surface area contributed by atoms with Gasteiger partial charge in [0.1, 0.15) is 10.8 Å². The molecule has 33 heavy (non-hydrogen) atoms. The molecule has 0 amide bonds. The third-order valence-electron chi connectivity index (χ3n) is 5.06. The van der Waals surface area contributed by atoms with Crippen LogP contribution in [0.15, 0.2) is 89.7 Å². The van der Waals surface area contributed by atoms with E-state index in [-0.39, 0.29) is 0 Å². The second kappa shape index (κ2) is 9.97. The molecular weight excluding hydrogens is 450 g/mol. The van der Waals surface area contributed by atoms with Crippen LogP contribution in [0.5, 0.6) is 5.75 Å². The fraction of sp³-hybridized carbons (Fsp3) is 0.120. The molecule has 0 fully saturated rings. The van der Waals surface area contributed by atoms with Gasteiger partial charge in [0.25, 0.3) is 0 Å². The van der Waals surface area contributed by atoms with Crippen LogP contribution in [0.4, 0.5) is 0 Å². The number of hydrogen-bond acceptors (Lipinski definition) is 7. The molecule has 164 valence electrons. The zero-order valence-corrected chi connectivity index (χ0v) is 19.6. The molecule has 0 aliphatic rings. The minimum Gasteiger partial charge on any atom is -0.497 e. The van der Waals surface area contributed by atoms with Gasteiger partial charge in [-0.1, -0.05) is 54.2 Å². The lowest BCUT2D eigenvalue weighted by molar-refractivity contribution is 0.415. The Morgan fingerprint density at radius 3 is 2.61 bits per heavy atom. The van der Waals surface area contributed by atoms with Gasteiger partial charge in [0.2, 0.25) is 0 Å². The van der Waals surface area contributed by atoms with Crippen LogP contribution >= 0.6 is 23.1 Å². The van der Waals surface area contributed by atoms with E-state index in [4.69, 9.17) is 9.72 Å². The van der Waals surface area contributed by atoms with Gasteiger partial charge in [0.05, 0.1) is 19.3 Å². The fourth-order valence-corrected chi connectivity index (χ4v) is 5.17. The minimum atomic E-state index is 0.694. The van der Waals surface area contributed by atoms with Gasteiger partial charge >= 0.3 is 0 Å². The maximum absolute atomic E-state index is 5.34. The highest BCUT2D eigenvalue weighted by Crippen LogP contribution is 2.31. The largest absolute Gasteiger partial charge is 0.497 e. The van der Waals surface area contributed by atoms with Crippen LogP contribution in [0.3, 0.4) is 0 Å². The SMILES string of the molecule is COc1cccc(-c2nc(CSc3nnc(-c4ccncc4)n3Cc3ccccc3)cs2)c1. The average molecular weight is 472 g/mol. The first-order chi connectivity index (χ1) is 16.3. The molecule has 0 aliphatic heterocycles. The van der Waals surface area contributed by atoms with Crippen LogP contribution in [-0.2, 0) is 12.3 Å². The van der Waals surface area contributed by atoms with Crippen molar-refractivity contribution in [1.82, 2.24) is 24.7 Å². The number of hydrogen-bond donors (Lipinski definition) is 0. The smallest absolute Gasteiger partial charge is 0.192 e. The first kappa shape index (κ1) is 21.4. The number of pyridine rings is 1. The van der Waals surface area contributed by atoms with Crippen molar-refractivity contribution in [1.29, 1.82) is 0 Å². The van der Waals surface area contributed by atoms with Crippen LogP contribution in [-0.4, -0.2) is 31.8 Å². The predicted molar refractivity (Wildman–Crippen MR) is 132 cm³/mol. The highest BCUT2D eigenvalue weighted by molar-refractivity contribution is 7.98. The molecule has 0 unspecified atom stereocenters. The summed E-state index contributed by atoms with van der Waals surface area (Å²) in [6.07, 6.45) is 3.55. The van der Waals surface area contributed by atoms with Crippen LogP contribution in [0.2, 0.25) is 0 Å². The summed E-state index contributed by atoms with van der Waals surface area (Å²) in [4.78, 5) is 8.95. The van der Waals surface area contributed by atoms with E-state index in [1.165, 1.54) is 5.56 Å². The Balaban J connectivity index is 1.38. The molecule has 0 spiro atoms. The molecule has 5 rings (SSSR count). The fourth-order valence-electron chi connectivity index (χ4n) is 3.42. The van der Waals surface area contributed by atoms with Gasteiger partial charge in [-0.25, -0.2) is 4.98 Å². The molecule has 3 heterocycles. The molecule has 3 aromatic heterocycles. The quantitative estimate of drug-likeness (QED) is 0.266. The lowest BCUT2D eigenvalue weighted by Gasteiger charge is -2.10. The van der Waals surface area contributed by atoms with Gasteiger partial charge in [0.15, 0.2) is 11.0 Å². The summed E-state index contributed by atoms with van der Waals surface area (Å²) in [5, 5.41) is 12.9. The zero-order chi connectivity index (χ0) is 22.5. The summed E-state index contributed by atoms with van der Waals surface area (Å²) in [5.41, 5.74) is 4.27. The van der Waals surface area contributed by atoms with Crippen LogP contribution in [0, 0.1) is 0 Å². The summed E-state index contributed by atoms with van der Waals surface area (Å²) in [5.74, 6) is 2.37. The first-order valence-electron chi connectivity index (χ1n) is 10.4. The lowest BCUT2D eigenvalue weighted by atomic mass is 10.2. The standard InChI is InChI=1S/C25H21N5OS2/c1-31-22-9-5-8-20(14-22)24-27-21(16-32-24)17-33-25-29-28-23(19-10-12-26-13-11-19)30(25)15-18-6-3-2-4-7-18/h2-14,16H,15,17H2,1H3. The first-order valence-corrected chi connectivity index (χ1v) is 12.3. The number of nitrogens with zero attached hydrogens (tertiary/aromatic N) is 5. The van der Waals surface area contributed by atoms with Crippen molar-refractivity contribution in [3.63, 3.8) is 0 Å². The van der Waals surface area contributed by atoms with E-state index in [0.29, 0.717) is 12.3 Å². The summed E-state index contributed by atoms with van der Waals surface area (Å²) in [6, 6.07) is 22.3. The Morgan fingerprint density at radius 1 is 0.939 bits per heavy atom. The third kappa shape index (κ3) is 4.97. The van der Waals surface area contributed by atoms with E-state index >= 15 is 0 Å². The molecule has 0 saturated carbocycles. The Labute approximate surface area is 200 Å². The van der Waals surface area contributed by atoms with Crippen molar-refractivity contribution in [2.45, 2.75) is 17.5 Å². The van der Waals surface area contributed by atoms with Crippen molar-refractivity contribution >= 4 is 23.1 Å². The Hall–Kier alpha value is -3.49. The van der Waals surface area contributed by atoms with E-state index in [1.807, 2.05) is 48.5 Å². The monoisotopic (exact) mass is 471 g/mol. The number of thiazole rings is 1. The van der Waals surface area contributed by atoms with Crippen molar-refractivity contribution in [2.75, 3.05) is 7.11 Å². The van der Waals surface area contributed by atoms with Gasteiger partial charge in [0, 0.05) is 34.7 Å². The van der Waals surface area contributed by atoms with Crippen molar-refractivity contribution in [3.05, 3.63) is 95.8 Å². The number of rotatable bonds is 8. The van der Waals surface area contributed by atoms with Crippen LogP contribution < -0.4 is 4.74 Å². The van der Waals surface area contributed by atoms with E-state index < -0.39 is 0 Å². The van der Waals surface area contributed by atoms with Crippen molar-refractivity contribution < 1.29 is 4.74 Å². The Morgan fingerprint density at radius 2 is 1.79 bits per heavy atom. The minimum absolute atomic E-state index is 0.694. The number of thioether (sulfide) groups is 1. The third-order valence-corrected chi connectivity index (χ3v) is 7.00. The number of ether oxygens (including phenoxy) is 1. The molecule has 5 aromatic rings. The van der Waals surface area contributed by atoms with E-state index in [9.17, 15) is 0 Å². The van der Waals surface area contributed by atoms with E-state index in [2.05, 4.69) is 43.3 Å². The predicted octanol–water partition coefficient (Wildman–Crippen LogP) is 5.81. The summed E-state index contributed by atoms with van der Waals surface area (Å²) in [7, 11) is 1.68. The molecule has 8 heteroatoms. The second-order valence-electron chi connectivity index (χ2n) is 7.28. The van der Waals surface area contributed by atoms with Gasteiger partial charge in [-0.2, -0.15) is 0 Å². The van der Waals surface area contributed by atoms with Crippen LogP contribution in [0.25, 0.3) is 22.0 Å². The number of benzene rings is 2. The van der Waals surface area contributed by atoms with Gasteiger partial charge in [-0.3, -0.25) is 9.55 Å². The summed E-state index contributed by atoms with van der Waals surface area (Å²) >= 11 is 3.28. The molecule has 0 radical (unpaired) electrons. The van der Waals surface area contributed by atoms with E-state index in [1.54, 1.807) is 42.6 Å². The van der Waals surface area contributed by atoms with E-state index in [0.717, 1.165) is 38.6 Å². The molecule has 0 bridgehead atoms. The highest BCUT2D eigenvalue weighted by atomic mass is 32.2. The maximum atomic E-state index is 5.34. The summed E-state index contributed by atoms with van der Waals surface area (Å²) < 4.78 is 7.50. The molecule has 0 aliphatic carbocycles. The summed E-state index contributed by atoms with van der Waals surface area (Å²) in [6.45, 7) is 0.694. The zero-order valence-electron chi connectivity index (χ0n) is 18.0. The normalized spacial score (nSPS) is 10.9. The van der Waals surface area contributed by atoms with Crippen molar-refractivity contribution in [3.8, 4) is 27.7 Å². The average Bonchev–Trinajstić information content (AvgIpc) is 3.51. The topological polar surface area (TPSA) is 65.7 Å². The van der Waals surface area contributed by atoms with Gasteiger partial charge in [-0.05, 0) is 29.8 Å². The Bertz CT molecular complexity index is 1340. The Kier molecular flexibility index (Phi) is 6.46. The molecule has 6 nitrogen and oxygen atoms in total. The maximum Gasteiger partial charge on any atom is 0.192 e. The molecular formula is C25H21N5OS2. The van der Waals surface area contributed by atoms with Crippen molar-refractivity contribution in [2.24, 2.45) is 0 Å². The number of aromatic nitrogens is 5. The second-order valence-corrected chi connectivity index (χ2v) is 9.08. The highest BCUT2D eigenvalue weighted by Gasteiger charge is 2.16. The molecule has 0 saturated heterocycles. The van der Waals surface area contributed by atoms with Crippen LogP contribution in [0.1, 0.15) is 11.3 Å². The molecule has 0 atom stereocenters. The van der Waals surface area contributed by atoms with Gasteiger partial charge in [-0.15, -0.1) is 21.5 Å². The molecule has 2 aromatic carbocycles. The number of methoxy groups -OCH3 is 1. The molecule has 0 N–H and O–H groups in total. The lowest BCUT2D eigenvalue weighted by Crippen LogP contribution is -2.04. The van der Waals surface area contributed by atoms with Gasteiger partial charge < -0.3 is 4.74 Å².